The van der Waals surface area contributed by atoms with Crippen molar-refractivity contribution in [2.45, 2.75) is 148 Å². The normalized spacial score (nSPS) is 50.2. The number of aliphatic hydroxyl groups excluding tert-OH is 1. The third-order valence-corrected chi connectivity index (χ3v) is 21.2. The Balaban J connectivity index is 0.998. The minimum atomic E-state index is -1.24. The van der Waals surface area contributed by atoms with Crippen molar-refractivity contribution in [3.05, 3.63) is 53.6 Å². The molecule has 8 saturated carbocycles. The molecule has 1 aliphatic heterocycles. The number of aliphatic hydroxyl groups is 2. The van der Waals surface area contributed by atoms with Crippen LogP contribution < -0.4 is 4.74 Å². The zero-order chi connectivity index (χ0) is 41.4. The number of hydrogen-bond donors (Lipinski definition) is 2. The van der Waals surface area contributed by atoms with Crippen LogP contribution in [0.1, 0.15) is 141 Å². The summed E-state index contributed by atoms with van der Waals surface area (Å²) in [4.78, 5) is 46.5. The number of allylic oxidation sites excluding steroid dienone is 4. The fraction of sp³-hybridized carbons (Fsp3) is 0.745. The van der Waals surface area contributed by atoms with E-state index in [0.29, 0.717) is 61.3 Å². The highest BCUT2D eigenvalue weighted by Crippen LogP contribution is 2.79. The van der Waals surface area contributed by atoms with Crippen LogP contribution in [0.15, 0.2) is 48.1 Å². The van der Waals surface area contributed by atoms with Crippen LogP contribution in [-0.4, -0.2) is 70.3 Å². The Kier molecular flexibility index (Phi) is 7.87. The van der Waals surface area contributed by atoms with Gasteiger partial charge in [-0.25, -0.2) is 0 Å². The number of hydrogen-bond acceptors (Lipinski definition) is 7. The monoisotopic (exact) mass is 805 g/mol. The van der Waals surface area contributed by atoms with Gasteiger partial charge in [0.2, 0.25) is 0 Å². The molecule has 8 nitrogen and oxygen atoms in total. The summed E-state index contributed by atoms with van der Waals surface area (Å²) >= 11 is 0. The van der Waals surface area contributed by atoms with Crippen LogP contribution >= 0.6 is 0 Å². The number of ketones is 1. The number of fused-ring (bicyclic) bond motifs is 3. The molecule has 2 N–H and O–H groups in total. The summed E-state index contributed by atoms with van der Waals surface area (Å²) in [5.41, 5.74) is -4.12. The van der Waals surface area contributed by atoms with Crippen molar-refractivity contribution >= 4 is 17.7 Å². The molecule has 11 aliphatic carbocycles. The average Bonchev–Trinajstić information content (AvgIpc) is 3.64. The lowest BCUT2D eigenvalue weighted by Crippen LogP contribution is -2.68. The highest BCUT2D eigenvalue weighted by Gasteiger charge is 2.78. The first-order valence-electron chi connectivity index (χ1n) is 23.4. The molecule has 0 aromatic heterocycles. The first kappa shape index (κ1) is 38.9. The number of Topliss-reactive ketones (excluding diaryl/α,β-unsaturated/α-hetero) is 1. The minimum Gasteiger partial charge on any atom is -0.497 e. The number of nitrogens with zero attached hydrogens (tertiary/aromatic N) is 1. The lowest BCUT2D eigenvalue weighted by molar-refractivity contribution is -0.191. The summed E-state index contributed by atoms with van der Waals surface area (Å²) in [6, 6.07) is 7.46. The molecule has 13 rings (SSSR count). The molecule has 10 atom stereocenters. The lowest BCUT2D eigenvalue weighted by atomic mass is 9.32. The molecule has 1 heterocycles. The van der Waals surface area contributed by atoms with Crippen molar-refractivity contribution in [2.75, 3.05) is 20.2 Å². The van der Waals surface area contributed by atoms with Gasteiger partial charge in [0, 0.05) is 39.3 Å². The second-order valence-electron chi connectivity index (χ2n) is 23.6. The molecule has 8 bridgehead atoms. The van der Waals surface area contributed by atoms with Crippen molar-refractivity contribution in [3.63, 3.8) is 0 Å². The van der Waals surface area contributed by atoms with Crippen molar-refractivity contribution in [2.24, 2.45) is 67.5 Å². The Morgan fingerprint density at radius 1 is 0.797 bits per heavy atom. The van der Waals surface area contributed by atoms with E-state index >= 15 is 9.59 Å². The maximum absolute atomic E-state index is 15.7. The van der Waals surface area contributed by atoms with Gasteiger partial charge >= 0.3 is 5.97 Å². The second kappa shape index (κ2) is 11.9. The van der Waals surface area contributed by atoms with Crippen LogP contribution in [0.25, 0.3) is 0 Å². The molecule has 1 amide bonds. The molecule has 2 spiro atoms. The van der Waals surface area contributed by atoms with Crippen LogP contribution in [0.2, 0.25) is 0 Å². The van der Waals surface area contributed by atoms with Gasteiger partial charge in [0.05, 0.1) is 30.8 Å². The van der Waals surface area contributed by atoms with E-state index in [1.54, 1.807) is 7.11 Å². The number of benzene rings is 1. The number of carbonyl (C=O) groups is 3. The van der Waals surface area contributed by atoms with E-state index in [1.807, 2.05) is 31.2 Å². The molecule has 9 fully saturated rings. The van der Waals surface area contributed by atoms with Gasteiger partial charge in [0.15, 0.2) is 11.4 Å². The zero-order valence-electron chi connectivity index (χ0n) is 36.4. The quantitative estimate of drug-likeness (QED) is 0.154. The third kappa shape index (κ3) is 4.62. The number of esters is 1. The first-order chi connectivity index (χ1) is 27.8. The van der Waals surface area contributed by atoms with Gasteiger partial charge in [-0.05, 0) is 168 Å². The maximum Gasteiger partial charge on any atom is 0.313 e. The molecule has 318 valence electrons. The third-order valence-electron chi connectivity index (χ3n) is 21.2. The van der Waals surface area contributed by atoms with Crippen molar-refractivity contribution in [3.8, 4) is 5.75 Å². The van der Waals surface area contributed by atoms with E-state index in [4.69, 9.17) is 9.47 Å². The number of methoxy groups -OCH3 is 1. The Labute approximate surface area is 350 Å². The number of amides is 1. The Hall–Kier alpha value is -2.97. The van der Waals surface area contributed by atoms with Crippen LogP contribution in [-0.2, 0) is 14.3 Å². The molecule has 1 aromatic carbocycles. The van der Waals surface area contributed by atoms with Crippen molar-refractivity contribution in [1.29, 1.82) is 0 Å². The van der Waals surface area contributed by atoms with Gasteiger partial charge in [-0.2, -0.15) is 0 Å². The van der Waals surface area contributed by atoms with E-state index in [9.17, 15) is 15.0 Å². The standard InChI is InChI=1S/C51H67NO7/c1-43(2)46(5)17-20-51(43,59-42(46)56)41(55)52(29-47-24-31-21-32(25-47)23-33(22-31)26-47)30-49(57)16-13-39-45(49,4)15-12-38-44(3)14-11-35(53)27-48(44)18-19-50(38,39)37(28-48)40(54)34-7-9-36(58-6)10-8-34/h7-10,18-19,28,31-33,35,38-39,53,57H,11-17,20-27,29-30H2,1-6H3/t31?,32?,33?,35?,38-,39-,44-,45+,46+,47?,48+,49-,50-,51-/m1/s1. The first-order valence-corrected chi connectivity index (χ1v) is 23.4. The van der Waals surface area contributed by atoms with E-state index < -0.39 is 44.4 Å². The van der Waals surface area contributed by atoms with Gasteiger partial charge in [0.1, 0.15) is 5.75 Å². The second-order valence-corrected chi connectivity index (χ2v) is 23.6. The molecule has 59 heavy (non-hydrogen) atoms. The summed E-state index contributed by atoms with van der Waals surface area (Å²) in [6.45, 7) is 11.6. The topological polar surface area (TPSA) is 113 Å². The van der Waals surface area contributed by atoms with Gasteiger partial charge in [-0.3, -0.25) is 14.4 Å². The van der Waals surface area contributed by atoms with Gasteiger partial charge in [0.25, 0.3) is 5.91 Å². The molecular formula is C51H67NO7. The molecule has 1 saturated heterocycles. The van der Waals surface area contributed by atoms with Gasteiger partial charge < -0.3 is 24.6 Å². The summed E-state index contributed by atoms with van der Waals surface area (Å²) < 4.78 is 11.8. The van der Waals surface area contributed by atoms with Crippen molar-refractivity contribution < 1.29 is 34.1 Å². The minimum absolute atomic E-state index is 0.0236. The highest BCUT2D eigenvalue weighted by atomic mass is 16.6. The SMILES string of the molecule is COc1ccc(C(=O)C2=C[C@@]34C=C[C@@]25[C@@H]2CC[C@@](O)(CN(CC67CC8CC(CC(C8)C6)C7)C(=O)[C@@]67CC[C@@](C)(C(=O)O6)C7(C)C)[C@@]2(C)CC[C@@H]5[C@@]3(C)CCC(O)C4)cc1. The fourth-order valence-corrected chi connectivity index (χ4v) is 17.9. The molecule has 8 heteroatoms. The van der Waals surface area contributed by atoms with E-state index in [1.165, 1.54) is 19.3 Å². The average molecular weight is 806 g/mol. The van der Waals surface area contributed by atoms with E-state index in [0.717, 1.165) is 56.9 Å². The number of carbonyl (C=O) groups excluding carboxylic acids is 3. The van der Waals surface area contributed by atoms with Crippen molar-refractivity contribution in [1.82, 2.24) is 4.90 Å². The lowest BCUT2D eigenvalue weighted by Gasteiger charge is -2.71. The fourth-order valence-electron chi connectivity index (χ4n) is 17.9. The Bertz CT molecular complexity index is 2050. The number of rotatable bonds is 8. The summed E-state index contributed by atoms with van der Waals surface area (Å²) in [6.07, 6.45) is 20.3. The number of ether oxygens (including phenoxy) is 2. The van der Waals surface area contributed by atoms with E-state index in [2.05, 4.69) is 50.8 Å². The predicted molar refractivity (Wildman–Crippen MR) is 223 cm³/mol. The zero-order valence-corrected chi connectivity index (χ0v) is 36.4. The van der Waals surface area contributed by atoms with Crippen LogP contribution in [0.3, 0.4) is 0 Å². The van der Waals surface area contributed by atoms with E-state index in [-0.39, 0.29) is 46.9 Å². The smallest absolute Gasteiger partial charge is 0.313 e. The summed E-state index contributed by atoms with van der Waals surface area (Å²) in [5, 5.41) is 24.9. The Morgan fingerprint density at radius 2 is 1.42 bits per heavy atom. The van der Waals surface area contributed by atoms with Crippen LogP contribution in [0, 0.1) is 67.5 Å². The highest BCUT2D eigenvalue weighted by molar-refractivity contribution is 6.10. The van der Waals surface area contributed by atoms with Gasteiger partial charge in [-0.15, -0.1) is 0 Å². The molecular weight excluding hydrogens is 739 g/mol. The largest absolute Gasteiger partial charge is 0.497 e. The molecule has 1 unspecified atom stereocenters. The molecule has 12 aliphatic rings. The summed E-state index contributed by atoms with van der Waals surface area (Å²) in [5.74, 6) is 2.65. The van der Waals surface area contributed by atoms with Crippen LogP contribution in [0.5, 0.6) is 5.75 Å². The molecule has 1 aromatic rings. The predicted octanol–water partition coefficient (Wildman–Crippen LogP) is 8.64. The molecule has 0 radical (unpaired) electrons. The van der Waals surface area contributed by atoms with Gasteiger partial charge in [-0.1, -0.05) is 45.9 Å². The maximum atomic E-state index is 15.7. The summed E-state index contributed by atoms with van der Waals surface area (Å²) in [7, 11) is 1.63. The van der Waals surface area contributed by atoms with Crippen LogP contribution in [0.4, 0.5) is 0 Å². The Morgan fingerprint density at radius 3 is 2.03 bits per heavy atom.